The summed E-state index contributed by atoms with van der Waals surface area (Å²) in [6.45, 7) is 5.95. The van der Waals surface area contributed by atoms with Crippen LogP contribution in [0.3, 0.4) is 0 Å². The number of hydrogen-bond donors (Lipinski definition) is 1. The van der Waals surface area contributed by atoms with Crippen LogP contribution in [0.1, 0.15) is 35.9 Å². The molecule has 0 aliphatic heterocycles. The van der Waals surface area contributed by atoms with Crippen LogP contribution in [0.5, 0.6) is 0 Å². The van der Waals surface area contributed by atoms with Gasteiger partial charge in [0.05, 0.1) is 12.3 Å². The Hall–Kier alpha value is -1.32. The first-order valence-corrected chi connectivity index (χ1v) is 4.41. The topological polar surface area (TPSA) is 55.0 Å². The fraction of sp³-hybridized carbons (Fsp3) is 0.556. The van der Waals surface area contributed by atoms with Crippen molar-refractivity contribution in [3.05, 3.63) is 17.2 Å². The molecule has 0 atom stereocenters. The molecule has 1 aromatic rings. The van der Waals surface area contributed by atoms with Gasteiger partial charge in [-0.15, -0.1) is 0 Å². The Morgan fingerprint density at radius 2 is 2.23 bits per heavy atom. The molecule has 1 heterocycles. The van der Waals surface area contributed by atoms with E-state index in [1.807, 2.05) is 13.8 Å². The van der Waals surface area contributed by atoms with Crippen LogP contribution < -0.4 is 0 Å². The number of aromatic nitrogens is 2. The van der Waals surface area contributed by atoms with E-state index in [9.17, 15) is 4.79 Å². The lowest BCUT2D eigenvalue weighted by Gasteiger charge is -1.99. The minimum atomic E-state index is -0.319. The van der Waals surface area contributed by atoms with E-state index in [0.717, 1.165) is 17.9 Å². The molecular formula is C9H14N2O2. The highest BCUT2D eigenvalue weighted by Crippen LogP contribution is 2.07. The number of nitrogens with one attached hydrogen (secondary N) is 1. The summed E-state index contributed by atoms with van der Waals surface area (Å²) in [7, 11) is 0. The first-order valence-electron chi connectivity index (χ1n) is 4.41. The molecule has 1 aromatic heterocycles. The van der Waals surface area contributed by atoms with E-state index >= 15 is 0 Å². The van der Waals surface area contributed by atoms with Crippen molar-refractivity contribution in [3.8, 4) is 0 Å². The second kappa shape index (κ2) is 4.07. The smallest absolute Gasteiger partial charge is 0.356 e. The fourth-order valence-electron chi connectivity index (χ4n) is 1.17. The maximum absolute atomic E-state index is 11.3. The van der Waals surface area contributed by atoms with Crippen molar-refractivity contribution >= 4 is 5.97 Å². The van der Waals surface area contributed by atoms with Gasteiger partial charge in [0.15, 0.2) is 0 Å². The highest BCUT2D eigenvalue weighted by molar-refractivity contribution is 5.88. The van der Waals surface area contributed by atoms with Gasteiger partial charge < -0.3 is 9.72 Å². The first kappa shape index (κ1) is 9.77. The predicted molar refractivity (Wildman–Crippen MR) is 48.7 cm³/mol. The van der Waals surface area contributed by atoms with Crippen LogP contribution in [0.4, 0.5) is 0 Å². The highest BCUT2D eigenvalue weighted by Gasteiger charge is 2.14. The Kier molecular flexibility index (Phi) is 3.06. The van der Waals surface area contributed by atoms with E-state index in [1.54, 1.807) is 6.92 Å². The minimum Gasteiger partial charge on any atom is -0.461 e. The van der Waals surface area contributed by atoms with Crippen molar-refractivity contribution in [1.29, 1.82) is 0 Å². The number of ether oxygens (including phenoxy) is 1. The Bertz CT molecular complexity index is 305. The van der Waals surface area contributed by atoms with Crippen LogP contribution in [-0.4, -0.2) is 22.5 Å². The third-order valence-corrected chi connectivity index (χ3v) is 1.71. The molecule has 0 aliphatic carbocycles. The molecule has 0 radical (unpaired) electrons. The van der Waals surface area contributed by atoms with Crippen molar-refractivity contribution in [2.24, 2.45) is 0 Å². The average molecular weight is 182 g/mol. The van der Waals surface area contributed by atoms with Crippen LogP contribution in [0.15, 0.2) is 0 Å². The molecule has 0 unspecified atom stereocenters. The maximum atomic E-state index is 11.3. The SMILES string of the molecule is CCOC(=O)c1[nH]c(C)nc1CC. The van der Waals surface area contributed by atoms with Gasteiger partial charge >= 0.3 is 5.97 Å². The number of imidazole rings is 1. The predicted octanol–water partition coefficient (Wildman–Crippen LogP) is 1.46. The number of aryl methyl sites for hydroxylation is 2. The largest absolute Gasteiger partial charge is 0.461 e. The summed E-state index contributed by atoms with van der Waals surface area (Å²) >= 11 is 0. The molecule has 0 saturated carbocycles. The van der Waals surface area contributed by atoms with Gasteiger partial charge in [-0.3, -0.25) is 0 Å². The molecule has 1 N–H and O–H groups in total. The van der Waals surface area contributed by atoms with E-state index in [-0.39, 0.29) is 5.97 Å². The fourth-order valence-corrected chi connectivity index (χ4v) is 1.17. The Morgan fingerprint density at radius 3 is 2.77 bits per heavy atom. The lowest BCUT2D eigenvalue weighted by molar-refractivity contribution is 0.0518. The quantitative estimate of drug-likeness (QED) is 0.720. The summed E-state index contributed by atoms with van der Waals surface area (Å²) in [4.78, 5) is 18.4. The molecule has 4 nitrogen and oxygen atoms in total. The normalized spacial score (nSPS) is 10.1. The molecule has 1 rings (SSSR count). The zero-order valence-electron chi connectivity index (χ0n) is 8.18. The molecule has 0 amide bonds. The highest BCUT2D eigenvalue weighted by atomic mass is 16.5. The van der Waals surface area contributed by atoms with Gasteiger partial charge in [-0.25, -0.2) is 9.78 Å². The van der Waals surface area contributed by atoms with Gasteiger partial charge in [0, 0.05) is 0 Å². The van der Waals surface area contributed by atoms with E-state index in [2.05, 4.69) is 9.97 Å². The molecule has 0 fully saturated rings. The molecule has 13 heavy (non-hydrogen) atoms. The van der Waals surface area contributed by atoms with Crippen molar-refractivity contribution in [3.63, 3.8) is 0 Å². The standard InChI is InChI=1S/C9H14N2O2/c1-4-7-8(9(12)13-5-2)11-6(3)10-7/h4-5H2,1-3H3,(H,10,11). The van der Waals surface area contributed by atoms with Crippen LogP contribution in [0.25, 0.3) is 0 Å². The van der Waals surface area contributed by atoms with Crippen LogP contribution >= 0.6 is 0 Å². The Morgan fingerprint density at radius 1 is 1.54 bits per heavy atom. The first-order chi connectivity index (χ1) is 6.19. The van der Waals surface area contributed by atoms with E-state index in [4.69, 9.17) is 4.74 Å². The summed E-state index contributed by atoms with van der Waals surface area (Å²) in [5.74, 6) is 0.430. The zero-order valence-corrected chi connectivity index (χ0v) is 8.18. The third kappa shape index (κ3) is 2.08. The molecule has 0 saturated heterocycles. The molecule has 0 spiro atoms. The van der Waals surface area contributed by atoms with Crippen molar-refractivity contribution in [2.45, 2.75) is 27.2 Å². The molecule has 0 aliphatic rings. The molecular weight excluding hydrogens is 168 g/mol. The number of hydrogen-bond acceptors (Lipinski definition) is 3. The van der Waals surface area contributed by atoms with Gasteiger partial charge in [-0.05, 0) is 20.3 Å². The Labute approximate surface area is 77.3 Å². The summed E-state index contributed by atoms with van der Waals surface area (Å²) in [6, 6.07) is 0. The maximum Gasteiger partial charge on any atom is 0.356 e. The molecule has 0 aromatic carbocycles. The summed E-state index contributed by atoms with van der Waals surface area (Å²) in [6.07, 6.45) is 0.735. The summed E-state index contributed by atoms with van der Waals surface area (Å²) < 4.78 is 4.87. The number of carbonyl (C=O) groups is 1. The Balaban J connectivity index is 2.91. The van der Waals surface area contributed by atoms with E-state index in [0.29, 0.717) is 12.3 Å². The van der Waals surface area contributed by atoms with E-state index in [1.165, 1.54) is 0 Å². The number of carbonyl (C=O) groups excluding carboxylic acids is 1. The second-order valence-electron chi connectivity index (χ2n) is 2.72. The monoisotopic (exact) mass is 182 g/mol. The van der Waals surface area contributed by atoms with Crippen LogP contribution in [0, 0.1) is 6.92 Å². The number of esters is 1. The lowest BCUT2D eigenvalue weighted by atomic mass is 10.3. The molecule has 72 valence electrons. The second-order valence-corrected chi connectivity index (χ2v) is 2.72. The van der Waals surface area contributed by atoms with Crippen molar-refractivity contribution in [1.82, 2.24) is 9.97 Å². The van der Waals surface area contributed by atoms with Crippen molar-refractivity contribution in [2.75, 3.05) is 6.61 Å². The van der Waals surface area contributed by atoms with Gasteiger partial charge in [-0.2, -0.15) is 0 Å². The van der Waals surface area contributed by atoms with Crippen LogP contribution in [-0.2, 0) is 11.2 Å². The van der Waals surface area contributed by atoms with E-state index < -0.39 is 0 Å². The van der Waals surface area contributed by atoms with Gasteiger partial charge in [0.2, 0.25) is 0 Å². The van der Waals surface area contributed by atoms with Gasteiger partial charge in [0.25, 0.3) is 0 Å². The summed E-state index contributed by atoms with van der Waals surface area (Å²) in [5, 5.41) is 0. The van der Waals surface area contributed by atoms with Crippen molar-refractivity contribution < 1.29 is 9.53 Å². The minimum absolute atomic E-state index is 0.319. The zero-order chi connectivity index (χ0) is 9.84. The lowest BCUT2D eigenvalue weighted by Crippen LogP contribution is -2.07. The number of aromatic amines is 1. The van der Waals surface area contributed by atoms with Gasteiger partial charge in [-0.1, -0.05) is 6.92 Å². The number of nitrogens with zero attached hydrogens (tertiary/aromatic N) is 1. The number of H-pyrrole nitrogens is 1. The average Bonchev–Trinajstić information content (AvgIpc) is 2.47. The molecule has 4 heteroatoms. The van der Waals surface area contributed by atoms with Crippen LogP contribution in [0.2, 0.25) is 0 Å². The van der Waals surface area contributed by atoms with Gasteiger partial charge in [0.1, 0.15) is 11.5 Å². The molecule has 0 bridgehead atoms. The summed E-state index contributed by atoms with van der Waals surface area (Å²) in [5.41, 5.74) is 1.26. The number of rotatable bonds is 3. The third-order valence-electron chi connectivity index (χ3n) is 1.71.